The average Bonchev–Trinajstić information content (AvgIpc) is 2.96. The SMILES string of the molecule is CCOC(=O)N1CCN(C(=O)[C@@H]2CCC[C@@H]2C(=O)O)CC1. The van der Waals surface area contributed by atoms with E-state index in [4.69, 9.17) is 9.84 Å². The number of carbonyl (C=O) groups is 3. The zero-order valence-electron chi connectivity index (χ0n) is 12.3. The molecular weight excluding hydrogens is 276 g/mol. The number of carboxylic acid groups (broad SMARTS) is 1. The van der Waals surface area contributed by atoms with Gasteiger partial charge in [-0.3, -0.25) is 9.59 Å². The van der Waals surface area contributed by atoms with Crippen molar-refractivity contribution in [3.8, 4) is 0 Å². The Morgan fingerprint density at radius 2 is 1.62 bits per heavy atom. The molecule has 2 rings (SSSR count). The Morgan fingerprint density at radius 3 is 2.19 bits per heavy atom. The molecule has 1 aliphatic carbocycles. The van der Waals surface area contributed by atoms with Crippen molar-refractivity contribution in [3.05, 3.63) is 0 Å². The van der Waals surface area contributed by atoms with Gasteiger partial charge in [0.2, 0.25) is 5.91 Å². The van der Waals surface area contributed by atoms with E-state index >= 15 is 0 Å². The van der Waals surface area contributed by atoms with E-state index in [2.05, 4.69) is 0 Å². The summed E-state index contributed by atoms with van der Waals surface area (Å²) < 4.78 is 4.93. The summed E-state index contributed by atoms with van der Waals surface area (Å²) in [6, 6.07) is 0. The van der Waals surface area contributed by atoms with Crippen LogP contribution in [0.15, 0.2) is 0 Å². The van der Waals surface area contributed by atoms with E-state index < -0.39 is 17.8 Å². The Balaban J connectivity index is 1.88. The highest BCUT2D eigenvalue weighted by atomic mass is 16.6. The van der Waals surface area contributed by atoms with Gasteiger partial charge in [0.05, 0.1) is 18.4 Å². The highest BCUT2D eigenvalue weighted by Gasteiger charge is 2.40. The lowest BCUT2D eigenvalue weighted by Gasteiger charge is -2.35. The molecule has 2 aliphatic rings. The van der Waals surface area contributed by atoms with Crippen molar-refractivity contribution < 1.29 is 24.2 Å². The van der Waals surface area contributed by atoms with Gasteiger partial charge >= 0.3 is 12.1 Å². The number of hydrogen-bond donors (Lipinski definition) is 1. The number of amides is 2. The number of carbonyl (C=O) groups excluding carboxylic acids is 2. The third kappa shape index (κ3) is 3.46. The van der Waals surface area contributed by atoms with Crippen LogP contribution in [0, 0.1) is 11.8 Å². The molecule has 0 aromatic carbocycles. The lowest BCUT2D eigenvalue weighted by atomic mass is 9.94. The molecule has 0 aromatic heterocycles. The Bertz CT molecular complexity index is 418. The van der Waals surface area contributed by atoms with E-state index in [0.29, 0.717) is 45.6 Å². The van der Waals surface area contributed by atoms with Crippen molar-refractivity contribution in [2.75, 3.05) is 32.8 Å². The van der Waals surface area contributed by atoms with E-state index in [1.54, 1.807) is 16.7 Å². The number of nitrogens with zero attached hydrogens (tertiary/aromatic N) is 2. The summed E-state index contributed by atoms with van der Waals surface area (Å²) in [5.41, 5.74) is 0. The number of piperazine rings is 1. The zero-order chi connectivity index (χ0) is 15.4. The highest BCUT2D eigenvalue weighted by Crippen LogP contribution is 2.33. The fraction of sp³-hybridized carbons (Fsp3) is 0.786. The highest BCUT2D eigenvalue weighted by molar-refractivity contribution is 5.85. The largest absolute Gasteiger partial charge is 0.481 e. The van der Waals surface area contributed by atoms with Crippen LogP contribution in [0.25, 0.3) is 0 Å². The first-order valence-electron chi connectivity index (χ1n) is 7.48. The average molecular weight is 298 g/mol. The second-order valence-corrected chi connectivity index (χ2v) is 5.49. The first-order chi connectivity index (χ1) is 10.0. The van der Waals surface area contributed by atoms with Crippen LogP contribution in [0.5, 0.6) is 0 Å². The van der Waals surface area contributed by atoms with Crippen LogP contribution >= 0.6 is 0 Å². The second-order valence-electron chi connectivity index (χ2n) is 5.49. The summed E-state index contributed by atoms with van der Waals surface area (Å²) in [4.78, 5) is 38.5. The number of hydrogen-bond acceptors (Lipinski definition) is 4. The van der Waals surface area contributed by atoms with Gasteiger partial charge in [0.15, 0.2) is 0 Å². The standard InChI is InChI=1S/C14H22N2O5/c1-2-21-14(20)16-8-6-15(7-9-16)12(17)10-4-3-5-11(10)13(18)19/h10-11H,2-9H2,1H3,(H,18,19)/t10-,11+/m1/s1. The summed E-state index contributed by atoms with van der Waals surface area (Å²) in [7, 11) is 0. The van der Waals surface area contributed by atoms with Crippen molar-refractivity contribution in [1.29, 1.82) is 0 Å². The topological polar surface area (TPSA) is 87.2 Å². The van der Waals surface area contributed by atoms with Crippen molar-refractivity contribution in [3.63, 3.8) is 0 Å². The zero-order valence-corrected chi connectivity index (χ0v) is 12.3. The van der Waals surface area contributed by atoms with Gasteiger partial charge in [0.25, 0.3) is 0 Å². The summed E-state index contributed by atoms with van der Waals surface area (Å²) in [5, 5.41) is 9.16. The molecule has 0 aromatic rings. The molecule has 7 nitrogen and oxygen atoms in total. The Kier molecular flexibility index (Phi) is 5.03. The van der Waals surface area contributed by atoms with Crippen LogP contribution in [-0.4, -0.2) is 65.7 Å². The summed E-state index contributed by atoms with van der Waals surface area (Å²) in [5.74, 6) is -1.92. The van der Waals surface area contributed by atoms with Crippen LogP contribution in [0.3, 0.4) is 0 Å². The second kappa shape index (κ2) is 6.78. The molecule has 118 valence electrons. The Hall–Kier alpha value is -1.79. The predicted molar refractivity (Wildman–Crippen MR) is 73.6 cm³/mol. The summed E-state index contributed by atoms with van der Waals surface area (Å²) in [6.07, 6.45) is 1.66. The number of rotatable bonds is 3. The van der Waals surface area contributed by atoms with Crippen molar-refractivity contribution in [2.45, 2.75) is 26.2 Å². The smallest absolute Gasteiger partial charge is 0.409 e. The maximum atomic E-state index is 12.4. The van der Waals surface area contributed by atoms with E-state index in [9.17, 15) is 14.4 Å². The molecule has 1 heterocycles. The van der Waals surface area contributed by atoms with Crippen molar-refractivity contribution >= 4 is 18.0 Å². The lowest BCUT2D eigenvalue weighted by molar-refractivity contribution is -0.149. The maximum absolute atomic E-state index is 12.4. The first-order valence-corrected chi connectivity index (χ1v) is 7.48. The normalized spacial score (nSPS) is 25.8. The molecule has 0 spiro atoms. The van der Waals surface area contributed by atoms with Gasteiger partial charge < -0.3 is 19.6 Å². The van der Waals surface area contributed by atoms with Gasteiger partial charge in [0, 0.05) is 26.2 Å². The lowest BCUT2D eigenvalue weighted by Crippen LogP contribution is -2.52. The van der Waals surface area contributed by atoms with E-state index in [1.165, 1.54) is 0 Å². The first kappa shape index (κ1) is 15.6. The van der Waals surface area contributed by atoms with Crippen LogP contribution in [0.1, 0.15) is 26.2 Å². The molecule has 1 saturated carbocycles. The van der Waals surface area contributed by atoms with Crippen LogP contribution in [-0.2, 0) is 14.3 Å². The molecule has 1 N–H and O–H groups in total. The molecule has 2 atom stereocenters. The number of ether oxygens (including phenoxy) is 1. The van der Waals surface area contributed by atoms with Gasteiger partial charge in [-0.15, -0.1) is 0 Å². The Morgan fingerprint density at radius 1 is 1.05 bits per heavy atom. The minimum Gasteiger partial charge on any atom is -0.481 e. The molecule has 1 saturated heterocycles. The van der Waals surface area contributed by atoms with Gasteiger partial charge in [-0.2, -0.15) is 0 Å². The van der Waals surface area contributed by atoms with Gasteiger partial charge in [-0.25, -0.2) is 4.79 Å². The number of aliphatic carboxylic acids is 1. The van der Waals surface area contributed by atoms with Crippen molar-refractivity contribution in [2.24, 2.45) is 11.8 Å². The fourth-order valence-electron chi connectivity index (χ4n) is 3.11. The van der Waals surface area contributed by atoms with Gasteiger partial charge in [-0.1, -0.05) is 6.42 Å². The van der Waals surface area contributed by atoms with E-state index in [1.807, 2.05) is 0 Å². The monoisotopic (exact) mass is 298 g/mol. The van der Waals surface area contributed by atoms with Gasteiger partial charge in [0.1, 0.15) is 0 Å². The molecule has 0 bridgehead atoms. The third-order valence-electron chi connectivity index (χ3n) is 4.27. The van der Waals surface area contributed by atoms with Crippen LogP contribution in [0.2, 0.25) is 0 Å². The Labute approximate surface area is 123 Å². The molecule has 21 heavy (non-hydrogen) atoms. The maximum Gasteiger partial charge on any atom is 0.409 e. The summed E-state index contributed by atoms with van der Waals surface area (Å²) in [6.45, 7) is 3.86. The molecule has 0 unspecified atom stereocenters. The van der Waals surface area contributed by atoms with Crippen LogP contribution < -0.4 is 0 Å². The summed E-state index contributed by atoms with van der Waals surface area (Å²) >= 11 is 0. The predicted octanol–water partition coefficient (Wildman–Crippen LogP) is 0.788. The molecule has 1 aliphatic heterocycles. The van der Waals surface area contributed by atoms with E-state index in [0.717, 1.165) is 6.42 Å². The fourth-order valence-corrected chi connectivity index (χ4v) is 3.11. The quantitative estimate of drug-likeness (QED) is 0.832. The molecule has 7 heteroatoms. The van der Waals surface area contributed by atoms with Crippen molar-refractivity contribution in [1.82, 2.24) is 9.80 Å². The number of carboxylic acids is 1. The molecule has 0 radical (unpaired) electrons. The third-order valence-corrected chi connectivity index (χ3v) is 4.27. The molecule has 2 fully saturated rings. The minimum absolute atomic E-state index is 0.0802. The van der Waals surface area contributed by atoms with Gasteiger partial charge in [-0.05, 0) is 19.8 Å². The van der Waals surface area contributed by atoms with E-state index in [-0.39, 0.29) is 12.0 Å². The molecule has 2 amide bonds. The van der Waals surface area contributed by atoms with Crippen LogP contribution in [0.4, 0.5) is 4.79 Å². The molecular formula is C14H22N2O5. The minimum atomic E-state index is -0.879.